The maximum atomic E-state index is 13.7. The van der Waals surface area contributed by atoms with Crippen molar-refractivity contribution in [2.24, 2.45) is 5.92 Å². The molecule has 1 saturated carbocycles. The van der Waals surface area contributed by atoms with E-state index in [1.54, 1.807) is 6.92 Å². The largest absolute Gasteiger partial charge is 0.394 e. The number of hydrogen-bond donors (Lipinski definition) is 2. The molecule has 1 aromatic carbocycles. The highest BCUT2D eigenvalue weighted by molar-refractivity contribution is 5.26. The minimum absolute atomic E-state index is 0.220. The van der Waals surface area contributed by atoms with E-state index in [2.05, 4.69) is 5.32 Å². The maximum absolute atomic E-state index is 13.7. The van der Waals surface area contributed by atoms with Crippen LogP contribution in [0.25, 0.3) is 0 Å². The Labute approximate surface area is 99.7 Å². The van der Waals surface area contributed by atoms with E-state index in [1.807, 2.05) is 0 Å². The Morgan fingerprint density at radius 2 is 2.12 bits per heavy atom. The highest BCUT2D eigenvalue weighted by atomic mass is 19.1. The summed E-state index contributed by atoms with van der Waals surface area (Å²) in [5.74, 6) is -0.594. The SMILES string of the molecule is CC(CO)(NCC1CC1)c1ccc(F)cc1F. The second kappa shape index (κ2) is 4.70. The van der Waals surface area contributed by atoms with Crippen molar-refractivity contribution in [2.45, 2.75) is 25.3 Å². The molecule has 1 aliphatic carbocycles. The smallest absolute Gasteiger partial charge is 0.131 e. The summed E-state index contributed by atoms with van der Waals surface area (Å²) in [4.78, 5) is 0. The molecule has 0 aliphatic heterocycles. The van der Waals surface area contributed by atoms with E-state index in [-0.39, 0.29) is 6.61 Å². The summed E-state index contributed by atoms with van der Waals surface area (Å²) in [6.07, 6.45) is 2.36. The molecule has 0 aromatic heterocycles. The molecule has 4 heteroatoms. The topological polar surface area (TPSA) is 32.3 Å². The number of hydrogen-bond acceptors (Lipinski definition) is 2. The van der Waals surface area contributed by atoms with Crippen molar-refractivity contribution in [1.82, 2.24) is 5.32 Å². The van der Waals surface area contributed by atoms with Gasteiger partial charge in [-0.3, -0.25) is 0 Å². The fourth-order valence-electron chi connectivity index (χ4n) is 1.86. The third-order valence-corrected chi connectivity index (χ3v) is 3.32. The normalized spacial score (nSPS) is 19.1. The van der Waals surface area contributed by atoms with Crippen LogP contribution < -0.4 is 5.32 Å². The van der Waals surface area contributed by atoms with Crippen LogP contribution in [0.2, 0.25) is 0 Å². The van der Waals surface area contributed by atoms with Crippen LogP contribution in [0.4, 0.5) is 8.78 Å². The summed E-state index contributed by atoms with van der Waals surface area (Å²) in [6, 6.07) is 3.45. The molecule has 1 fully saturated rings. The average molecular weight is 241 g/mol. The summed E-state index contributed by atoms with van der Waals surface area (Å²) in [5.41, 5.74) is -0.539. The Bertz CT molecular complexity index is 406. The lowest BCUT2D eigenvalue weighted by molar-refractivity contribution is 0.170. The molecule has 2 N–H and O–H groups in total. The zero-order chi connectivity index (χ0) is 12.5. The minimum Gasteiger partial charge on any atom is -0.394 e. The summed E-state index contributed by atoms with van der Waals surface area (Å²) < 4.78 is 26.5. The van der Waals surface area contributed by atoms with Crippen molar-refractivity contribution in [3.8, 4) is 0 Å². The van der Waals surface area contributed by atoms with Gasteiger partial charge in [-0.05, 0) is 38.3 Å². The van der Waals surface area contributed by atoms with Gasteiger partial charge in [-0.2, -0.15) is 0 Å². The summed E-state index contributed by atoms with van der Waals surface area (Å²) in [6.45, 7) is 2.27. The van der Waals surface area contributed by atoms with Crippen LogP contribution in [0.15, 0.2) is 18.2 Å². The van der Waals surface area contributed by atoms with E-state index < -0.39 is 17.2 Å². The molecule has 0 radical (unpaired) electrons. The van der Waals surface area contributed by atoms with Gasteiger partial charge in [0.1, 0.15) is 11.6 Å². The van der Waals surface area contributed by atoms with E-state index in [1.165, 1.54) is 25.0 Å². The number of nitrogens with one attached hydrogen (secondary N) is 1. The molecule has 1 aliphatic rings. The van der Waals surface area contributed by atoms with Crippen molar-refractivity contribution in [1.29, 1.82) is 0 Å². The molecule has 1 atom stereocenters. The average Bonchev–Trinajstić information content (AvgIpc) is 3.09. The first kappa shape index (κ1) is 12.5. The molecule has 1 unspecified atom stereocenters. The van der Waals surface area contributed by atoms with E-state index in [0.29, 0.717) is 11.5 Å². The van der Waals surface area contributed by atoms with Gasteiger partial charge < -0.3 is 10.4 Å². The quantitative estimate of drug-likeness (QED) is 0.828. The Hall–Kier alpha value is -1.00. The van der Waals surface area contributed by atoms with E-state index >= 15 is 0 Å². The molecular weight excluding hydrogens is 224 g/mol. The molecule has 0 heterocycles. The van der Waals surface area contributed by atoms with Crippen LogP contribution in [0.5, 0.6) is 0 Å². The van der Waals surface area contributed by atoms with Crippen LogP contribution in [-0.2, 0) is 5.54 Å². The van der Waals surface area contributed by atoms with Gasteiger partial charge in [0.2, 0.25) is 0 Å². The molecule has 0 spiro atoms. The van der Waals surface area contributed by atoms with Gasteiger partial charge in [0, 0.05) is 11.6 Å². The molecule has 94 valence electrons. The first-order valence-electron chi connectivity index (χ1n) is 5.86. The van der Waals surface area contributed by atoms with E-state index in [0.717, 1.165) is 12.6 Å². The lowest BCUT2D eigenvalue weighted by Gasteiger charge is -2.30. The predicted molar refractivity (Wildman–Crippen MR) is 61.5 cm³/mol. The van der Waals surface area contributed by atoms with Gasteiger partial charge in [0.15, 0.2) is 0 Å². The Morgan fingerprint density at radius 1 is 1.41 bits per heavy atom. The van der Waals surface area contributed by atoms with Crippen LogP contribution >= 0.6 is 0 Å². The molecule has 0 saturated heterocycles. The number of aliphatic hydroxyl groups is 1. The molecule has 17 heavy (non-hydrogen) atoms. The summed E-state index contributed by atoms with van der Waals surface area (Å²) >= 11 is 0. The second-order valence-corrected chi connectivity index (χ2v) is 4.94. The van der Waals surface area contributed by atoms with Crippen molar-refractivity contribution >= 4 is 0 Å². The summed E-state index contributed by atoms with van der Waals surface area (Å²) in [5, 5.41) is 12.6. The highest BCUT2D eigenvalue weighted by Gasteiger charge is 2.31. The van der Waals surface area contributed by atoms with Crippen molar-refractivity contribution in [3.05, 3.63) is 35.4 Å². The Balaban J connectivity index is 2.18. The lowest BCUT2D eigenvalue weighted by Crippen LogP contribution is -2.44. The van der Waals surface area contributed by atoms with Crippen LogP contribution in [-0.4, -0.2) is 18.3 Å². The monoisotopic (exact) mass is 241 g/mol. The fraction of sp³-hybridized carbons (Fsp3) is 0.538. The van der Waals surface area contributed by atoms with Crippen LogP contribution in [0, 0.1) is 17.6 Å². The number of rotatable bonds is 5. The fourth-order valence-corrected chi connectivity index (χ4v) is 1.86. The number of halogens is 2. The van der Waals surface area contributed by atoms with Gasteiger partial charge in [-0.15, -0.1) is 0 Å². The third-order valence-electron chi connectivity index (χ3n) is 3.32. The Kier molecular flexibility index (Phi) is 3.45. The van der Waals surface area contributed by atoms with Crippen LogP contribution in [0.1, 0.15) is 25.3 Å². The lowest BCUT2D eigenvalue weighted by atomic mass is 9.92. The van der Waals surface area contributed by atoms with E-state index in [4.69, 9.17) is 0 Å². The maximum Gasteiger partial charge on any atom is 0.131 e. The zero-order valence-corrected chi connectivity index (χ0v) is 9.84. The van der Waals surface area contributed by atoms with Gasteiger partial charge in [-0.1, -0.05) is 6.07 Å². The van der Waals surface area contributed by atoms with Gasteiger partial charge >= 0.3 is 0 Å². The summed E-state index contributed by atoms with van der Waals surface area (Å²) in [7, 11) is 0. The molecule has 1 aromatic rings. The van der Waals surface area contributed by atoms with Gasteiger partial charge in [0.05, 0.1) is 12.1 Å². The molecular formula is C13H17F2NO. The predicted octanol–water partition coefficient (Wildman–Crippen LogP) is 2.17. The van der Waals surface area contributed by atoms with Gasteiger partial charge in [0.25, 0.3) is 0 Å². The highest BCUT2D eigenvalue weighted by Crippen LogP contribution is 2.30. The Morgan fingerprint density at radius 3 is 2.65 bits per heavy atom. The number of benzene rings is 1. The first-order chi connectivity index (χ1) is 8.05. The van der Waals surface area contributed by atoms with Crippen molar-refractivity contribution in [3.63, 3.8) is 0 Å². The minimum atomic E-state index is -0.847. The van der Waals surface area contributed by atoms with Gasteiger partial charge in [-0.25, -0.2) is 8.78 Å². The second-order valence-electron chi connectivity index (χ2n) is 4.94. The molecule has 2 rings (SSSR count). The van der Waals surface area contributed by atoms with E-state index in [9.17, 15) is 13.9 Å². The van der Waals surface area contributed by atoms with Crippen molar-refractivity contribution in [2.75, 3.05) is 13.2 Å². The molecule has 0 bridgehead atoms. The molecule has 2 nitrogen and oxygen atoms in total. The van der Waals surface area contributed by atoms with Crippen LogP contribution in [0.3, 0.4) is 0 Å². The third kappa shape index (κ3) is 2.82. The van der Waals surface area contributed by atoms with Crippen molar-refractivity contribution < 1.29 is 13.9 Å². The number of aliphatic hydroxyl groups excluding tert-OH is 1. The molecule has 0 amide bonds. The zero-order valence-electron chi connectivity index (χ0n) is 9.84. The first-order valence-corrected chi connectivity index (χ1v) is 5.86. The standard InChI is InChI=1S/C13H17F2NO/c1-13(8-17,16-7-9-2-3-9)11-5-4-10(14)6-12(11)15/h4-6,9,16-17H,2-3,7-8H2,1H3.